The van der Waals surface area contributed by atoms with E-state index < -0.39 is 5.82 Å². The molecule has 0 aliphatic carbocycles. The van der Waals surface area contributed by atoms with Crippen molar-refractivity contribution < 1.29 is 13.9 Å². The minimum Gasteiger partial charge on any atom is -0.484 e. The van der Waals surface area contributed by atoms with Gasteiger partial charge >= 0.3 is 0 Å². The van der Waals surface area contributed by atoms with Gasteiger partial charge in [-0.2, -0.15) is 5.26 Å². The number of nitrogens with one attached hydrogen (secondary N) is 1. The van der Waals surface area contributed by atoms with Crippen LogP contribution in [0.15, 0.2) is 42.5 Å². The Balaban J connectivity index is 2.16. The lowest BCUT2D eigenvalue weighted by Gasteiger charge is -2.21. The fraction of sp³-hybridized carbons (Fsp3) is 0.316. The Morgan fingerprint density at radius 1 is 1.24 bits per heavy atom. The minimum atomic E-state index is -0.636. The van der Waals surface area contributed by atoms with Crippen molar-refractivity contribution in [2.45, 2.75) is 12.5 Å². The van der Waals surface area contributed by atoms with Crippen molar-refractivity contribution in [2.75, 3.05) is 26.8 Å². The van der Waals surface area contributed by atoms with Gasteiger partial charge in [0.15, 0.2) is 0 Å². The molecule has 1 N–H and O–H groups in total. The summed E-state index contributed by atoms with van der Waals surface area (Å²) in [6.45, 7) is 2.08. The van der Waals surface area contributed by atoms with E-state index in [1.54, 1.807) is 7.11 Å². The van der Waals surface area contributed by atoms with E-state index in [1.165, 1.54) is 6.07 Å². The van der Waals surface area contributed by atoms with Crippen molar-refractivity contribution in [3.05, 3.63) is 64.4 Å². The van der Waals surface area contributed by atoms with Gasteiger partial charge in [0.1, 0.15) is 23.7 Å². The van der Waals surface area contributed by atoms with Crippen molar-refractivity contribution in [1.29, 1.82) is 5.26 Å². The van der Waals surface area contributed by atoms with Gasteiger partial charge in [0.25, 0.3) is 0 Å². The molecule has 4 nitrogen and oxygen atoms in total. The van der Waals surface area contributed by atoms with Crippen LogP contribution in [0.4, 0.5) is 4.39 Å². The number of methoxy groups -OCH3 is 1. The summed E-state index contributed by atoms with van der Waals surface area (Å²) in [5.41, 5.74) is 1.09. The normalized spacial score (nSPS) is 11.8. The van der Waals surface area contributed by atoms with Crippen LogP contribution in [0, 0.1) is 17.1 Å². The Morgan fingerprint density at radius 2 is 2.00 bits per heavy atom. The third-order valence-electron chi connectivity index (χ3n) is 3.65. The zero-order chi connectivity index (χ0) is 18.1. The highest BCUT2D eigenvalue weighted by Crippen LogP contribution is 2.31. The molecule has 0 fully saturated rings. The fourth-order valence-corrected chi connectivity index (χ4v) is 2.51. The number of nitrogens with zero attached hydrogens (tertiary/aromatic N) is 1. The second kappa shape index (κ2) is 10.00. The van der Waals surface area contributed by atoms with Gasteiger partial charge in [-0.25, -0.2) is 4.39 Å². The highest BCUT2D eigenvalue weighted by Gasteiger charge is 2.17. The highest BCUT2D eigenvalue weighted by atomic mass is 35.5. The lowest BCUT2D eigenvalue weighted by Crippen LogP contribution is -2.23. The Kier molecular flexibility index (Phi) is 7.68. The molecular formula is C19H20ClFN2O2. The molecule has 0 aliphatic rings. The van der Waals surface area contributed by atoms with E-state index in [2.05, 4.69) is 5.32 Å². The Labute approximate surface area is 152 Å². The van der Waals surface area contributed by atoms with Crippen molar-refractivity contribution in [3.63, 3.8) is 0 Å². The molecule has 0 saturated carbocycles. The molecule has 0 aliphatic heterocycles. The Morgan fingerprint density at radius 3 is 2.68 bits per heavy atom. The Bertz CT molecular complexity index is 719. The van der Waals surface area contributed by atoms with E-state index in [0.29, 0.717) is 19.6 Å². The molecule has 0 saturated heterocycles. The largest absolute Gasteiger partial charge is 0.484 e. The molecule has 6 heteroatoms. The predicted molar refractivity (Wildman–Crippen MR) is 95.3 cm³/mol. The van der Waals surface area contributed by atoms with Crippen LogP contribution in [0.3, 0.4) is 0 Å². The summed E-state index contributed by atoms with van der Waals surface area (Å²) in [5, 5.41) is 12.4. The van der Waals surface area contributed by atoms with Crippen LogP contribution >= 0.6 is 11.6 Å². The summed E-state index contributed by atoms with van der Waals surface area (Å²) in [6, 6.07) is 14.1. The van der Waals surface area contributed by atoms with Crippen LogP contribution in [0.1, 0.15) is 23.7 Å². The molecule has 2 aromatic carbocycles. The van der Waals surface area contributed by atoms with Crippen LogP contribution in [-0.2, 0) is 4.74 Å². The molecule has 0 bridgehead atoms. The molecule has 2 rings (SSSR count). The van der Waals surface area contributed by atoms with E-state index in [0.717, 1.165) is 18.2 Å². The quantitative estimate of drug-likeness (QED) is 0.682. The first-order valence-electron chi connectivity index (χ1n) is 7.96. The number of benzene rings is 2. The topological polar surface area (TPSA) is 54.3 Å². The number of rotatable bonds is 9. The van der Waals surface area contributed by atoms with Gasteiger partial charge in [-0.05, 0) is 18.2 Å². The van der Waals surface area contributed by atoms with Gasteiger partial charge in [-0.1, -0.05) is 41.9 Å². The molecule has 2 aromatic rings. The molecule has 0 spiro atoms. The lowest BCUT2D eigenvalue weighted by molar-refractivity contribution is 0.182. The standard InChI is InChI=1S/C19H20ClFN2O2/c1-24-10-9-23-8-7-18(14-5-3-2-4-6-14)25-19-12-16(20)17(21)11-15(19)13-22/h2-6,11-12,18,23H,7-10H2,1H3. The van der Waals surface area contributed by atoms with E-state index >= 15 is 0 Å². The van der Waals surface area contributed by atoms with Crippen molar-refractivity contribution in [1.82, 2.24) is 5.32 Å². The molecular weight excluding hydrogens is 343 g/mol. The molecule has 1 unspecified atom stereocenters. The molecule has 0 heterocycles. The zero-order valence-electron chi connectivity index (χ0n) is 14.0. The summed E-state index contributed by atoms with van der Waals surface area (Å²) in [7, 11) is 1.65. The maximum atomic E-state index is 13.6. The second-order valence-electron chi connectivity index (χ2n) is 5.42. The minimum absolute atomic E-state index is 0.0703. The highest BCUT2D eigenvalue weighted by molar-refractivity contribution is 6.30. The number of hydrogen-bond acceptors (Lipinski definition) is 4. The average Bonchev–Trinajstić information content (AvgIpc) is 2.64. The van der Waals surface area contributed by atoms with Crippen molar-refractivity contribution in [2.24, 2.45) is 0 Å². The maximum Gasteiger partial charge on any atom is 0.143 e. The maximum absolute atomic E-state index is 13.6. The van der Waals surface area contributed by atoms with Crippen LogP contribution in [0.2, 0.25) is 5.02 Å². The van der Waals surface area contributed by atoms with Crippen molar-refractivity contribution >= 4 is 11.6 Å². The van der Waals surface area contributed by atoms with Gasteiger partial charge in [-0.3, -0.25) is 0 Å². The van der Waals surface area contributed by atoms with Gasteiger partial charge < -0.3 is 14.8 Å². The van der Waals surface area contributed by atoms with Gasteiger partial charge in [0, 0.05) is 26.1 Å². The first-order valence-corrected chi connectivity index (χ1v) is 8.34. The second-order valence-corrected chi connectivity index (χ2v) is 5.83. The number of nitriles is 1. The summed E-state index contributed by atoms with van der Waals surface area (Å²) in [5.74, 6) is -0.359. The summed E-state index contributed by atoms with van der Waals surface area (Å²) in [4.78, 5) is 0. The zero-order valence-corrected chi connectivity index (χ0v) is 14.7. The third-order valence-corrected chi connectivity index (χ3v) is 3.94. The summed E-state index contributed by atoms with van der Waals surface area (Å²) in [6.07, 6.45) is 0.387. The number of halogens is 2. The van der Waals surface area contributed by atoms with Crippen molar-refractivity contribution in [3.8, 4) is 11.8 Å². The molecule has 25 heavy (non-hydrogen) atoms. The van der Waals surface area contributed by atoms with Gasteiger partial charge in [-0.15, -0.1) is 0 Å². The molecule has 132 valence electrons. The molecule has 0 radical (unpaired) electrons. The average molecular weight is 363 g/mol. The first kappa shape index (κ1) is 19.2. The van der Waals surface area contributed by atoms with Crippen LogP contribution in [-0.4, -0.2) is 26.8 Å². The van der Waals surface area contributed by atoms with Crippen LogP contribution in [0.5, 0.6) is 5.75 Å². The number of ether oxygens (including phenoxy) is 2. The smallest absolute Gasteiger partial charge is 0.143 e. The first-order chi connectivity index (χ1) is 12.2. The molecule has 1 atom stereocenters. The van der Waals surface area contributed by atoms with E-state index in [9.17, 15) is 9.65 Å². The molecule has 0 amide bonds. The SMILES string of the molecule is COCCNCCC(Oc1cc(Cl)c(F)cc1C#N)c1ccccc1. The summed E-state index contributed by atoms with van der Waals surface area (Å²) >= 11 is 5.84. The predicted octanol–water partition coefficient (Wildman–Crippen LogP) is 4.10. The Hall–Kier alpha value is -2.13. The van der Waals surface area contributed by atoms with Crippen LogP contribution in [0.25, 0.3) is 0 Å². The summed E-state index contributed by atoms with van der Waals surface area (Å²) < 4.78 is 24.6. The fourth-order valence-electron chi connectivity index (χ4n) is 2.36. The molecule has 0 aromatic heterocycles. The monoisotopic (exact) mass is 362 g/mol. The van der Waals surface area contributed by atoms with E-state index in [1.807, 2.05) is 36.4 Å². The number of hydrogen-bond donors (Lipinski definition) is 1. The van der Waals surface area contributed by atoms with Gasteiger partial charge in [0.05, 0.1) is 17.2 Å². The van der Waals surface area contributed by atoms with Gasteiger partial charge in [0.2, 0.25) is 0 Å². The van der Waals surface area contributed by atoms with E-state index in [4.69, 9.17) is 21.1 Å². The van der Waals surface area contributed by atoms with Crippen LogP contribution < -0.4 is 10.1 Å². The lowest BCUT2D eigenvalue weighted by atomic mass is 10.1. The van der Waals surface area contributed by atoms with E-state index in [-0.39, 0.29) is 22.4 Å². The third kappa shape index (κ3) is 5.71.